The molecular formula is C9H15NO4. The van der Waals surface area contributed by atoms with Gasteiger partial charge >= 0.3 is 11.9 Å². The molecule has 14 heavy (non-hydrogen) atoms. The van der Waals surface area contributed by atoms with Crippen molar-refractivity contribution in [1.29, 1.82) is 0 Å². The zero-order valence-corrected chi connectivity index (χ0v) is 8.52. The Labute approximate surface area is 83.0 Å². The quantitative estimate of drug-likeness (QED) is 0.660. The summed E-state index contributed by atoms with van der Waals surface area (Å²) in [5.74, 6) is -1.85. The number of aliphatic carboxylic acids is 2. The van der Waals surface area contributed by atoms with Crippen molar-refractivity contribution < 1.29 is 19.8 Å². The van der Waals surface area contributed by atoms with Gasteiger partial charge in [0.25, 0.3) is 0 Å². The second-order valence-electron chi connectivity index (χ2n) is 2.70. The third-order valence-electron chi connectivity index (χ3n) is 0.880. The molecule has 0 aliphatic rings. The van der Waals surface area contributed by atoms with Gasteiger partial charge in [0, 0.05) is 31.9 Å². The van der Waals surface area contributed by atoms with Crippen molar-refractivity contribution in [3.8, 4) is 0 Å². The lowest BCUT2D eigenvalue weighted by atomic mass is 10.4. The molecule has 0 bridgehead atoms. The maximum absolute atomic E-state index is 9.79. The number of rotatable bonds is 3. The Balaban J connectivity index is 0. The van der Waals surface area contributed by atoms with E-state index < -0.39 is 11.9 Å². The van der Waals surface area contributed by atoms with E-state index in [0.717, 1.165) is 6.08 Å². The standard InChI is InChI=1S/C5H9NO2.C4H6O2/c1-6(2)4-3-5(7)8;1-3(2)4(5)6/h3-4H,1-2H3,(H,7,8);1H2,2H3,(H,5,6). The van der Waals surface area contributed by atoms with Crippen LogP contribution in [0, 0.1) is 0 Å². The molecule has 0 aromatic carbocycles. The average molecular weight is 201 g/mol. The van der Waals surface area contributed by atoms with Gasteiger partial charge < -0.3 is 15.1 Å². The van der Waals surface area contributed by atoms with E-state index in [-0.39, 0.29) is 5.57 Å². The molecule has 0 saturated heterocycles. The minimum atomic E-state index is -0.935. The molecule has 0 radical (unpaired) electrons. The van der Waals surface area contributed by atoms with E-state index in [0.29, 0.717) is 0 Å². The molecule has 0 aliphatic carbocycles. The molecule has 5 heteroatoms. The first-order valence-corrected chi connectivity index (χ1v) is 3.73. The molecule has 0 spiro atoms. The maximum atomic E-state index is 9.79. The number of hydrogen-bond donors (Lipinski definition) is 2. The van der Waals surface area contributed by atoms with Crippen molar-refractivity contribution in [2.75, 3.05) is 14.1 Å². The molecule has 0 rings (SSSR count). The van der Waals surface area contributed by atoms with Crippen molar-refractivity contribution in [3.05, 3.63) is 24.4 Å². The number of carboxylic acid groups (broad SMARTS) is 2. The normalized spacial score (nSPS) is 8.79. The fraction of sp³-hybridized carbons (Fsp3) is 0.333. The number of hydrogen-bond acceptors (Lipinski definition) is 3. The van der Waals surface area contributed by atoms with Gasteiger partial charge in [0.2, 0.25) is 0 Å². The second kappa shape index (κ2) is 7.85. The van der Waals surface area contributed by atoms with E-state index in [1.165, 1.54) is 13.1 Å². The number of nitrogens with zero attached hydrogens (tertiary/aromatic N) is 1. The smallest absolute Gasteiger partial charge is 0.330 e. The first-order chi connectivity index (χ1) is 6.27. The van der Waals surface area contributed by atoms with Crippen LogP contribution in [0.4, 0.5) is 0 Å². The molecule has 0 amide bonds. The summed E-state index contributed by atoms with van der Waals surface area (Å²) >= 11 is 0. The second-order valence-corrected chi connectivity index (χ2v) is 2.70. The van der Waals surface area contributed by atoms with E-state index in [2.05, 4.69) is 6.58 Å². The average Bonchev–Trinajstić information content (AvgIpc) is 2.01. The minimum absolute atomic E-state index is 0.176. The zero-order valence-electron chi connectivity index (χ0n) is 8.52. The van der Waals surface area contributed by atoms with E-state index >= 15 is 0 Å². The van der Waals surface area contributed by atoms with Gasteiger partial charge in [-0.2, -0.15) is 0 Å². The summed E-state index contributed by atoms with van der Waals surface area (Å²) < 4.78 is 0. The molecule has 0 atom stereocenters. The maximum Gasteiger partial charge on any atom is 0.330 e. The molecule has 5 nitrogen and oxygen atoms in total. The fourth-order valence-electron chi connectivity index (χ4n) is 0.213. The Kier molecular flexibility index (Phi) is 8.26. The van der Waals surface area contributed by atoms with Gasteiger partial charge in [-0.25, -0.2) is 9.59 Å². The van der Waals surface area contributed by atoms with Gasteiger partial charge in [0.05, 0.1) is 0 Å². The molecule has 0 unspecified atom stereocenters. The van der Waals surface area contributed by atoms with Crippen LogP contribution < -0.4 is 0 Å². The molecule has 0 aromatic rings. The lowest BCUT2D eigenvalue weighted by Gasteiger charge is -2.00. The Hall–Kier alpha value is -1.78. The van der Waals surface area contributed by atoms with Crippen LogP contribution in [0.1, 0.15) is 6.92 Å². The van der Waals surface area contributed by atoms with Crippen LogP contribution in [0.3, 0.4) is 0 Å². The molecule has 0 aliphatic heterocycles. The summed E-state index contributed by atoms with van der Waals surface area (Å²) in [4.78, 5) is 21.1. The Morgan fingerprint density at radius 1 is 1.29 bits per heavy atom. The van der Waals surface area contributed by atoms with E-state index in [1.807, 2.05) is 0 Å². The highest BCUT2D eigenvalue weighted by Gasteiger charge is 1.90. The summed E-state index contributed by atoms with van der Waals surface area (Å²) in [6.45, 7) is 4.60. The van der Waals surface area contributed by atoms with Crippen molar-refractivity contribution in [2.24, 2.45) is 0 Å². The molecule has 0 saturated carbocycles. The monoisotopic (exact) mass is 201 g/mol. The van der Waals surface area contributed by atoms with Crippen LogP contribution in [0.15, 0.2) is 24.4 Å². The zero-order chi connectivity index (χ0) is 11.7. The van der Waals surface area contributed by atoms with Crippen LogP contribution in [-0.4, -0.2) is 41.1 Å². The molecule has 80 valence electrons. The summed E-state index contributed by atoms with van der Waals surface area (Å²) in [6, 6.07) is 0. The highest BCUT2D eigenvalue weighted by Crippen LogP contribution is 1.81. The molecular weight excluding hydrogens is 186 g/mol. The van der Waals surface area contributed by atoms with Gasteiger partial charge in [-0.15, -0.1) is 0 Å². The first kappa shape index (κ1) is 14.7. The lowest BCUT2D eigenvalue weighted by molar-refractivity contribution is -0.133. The Morgan fingerprint density at radius 2 is 1.64 bits per heavy atom. The lowest BCUT2D eigenvalue weighted by Crippen LogP contribution is -2.01. The third-order valence-corrected chi connectivity index (χ3v) is 0.880. The van der Waals surface area contributed by atoms with E-state index in [9.17, 15) is 9.59 Å². The highest BCUT2D eigenvalue weighted by molar-refractivity contribution is 5.84. The van der Waals surface area contributed by atoms with Crippen molar-refractivity contribution in [1.82, 2.24) is 4.90 Å². The van der Waals surface area contributed by atoms with Crippen molar-refractivity contribution in [2.45, 2.75) is 6.92 Å². The first-order valence-electron chi connectivity index (χ1n) is 3.73. The van der Waals surface area contributed by atoms with E-state index in [4.69, 9.17) is 10.2 Å². The third kappa shape index (κ3) is 16.7. The Morgan fingerprint density at radius 3 is 1.71 bits per heavy atom. The summed E-state index contributed by atoms with van der Waals surface area (Å²) in [7, 11) is 3.53. The minimum Gasteiger partial charge on any atom is -0.478 e. The summed E-state index contributed by atoms with van der Waals surface area (Å²) in [5.41, 5.74) is 0.176. The molecule has 0 aromatic heterocycles. The van der Waals surface area contributed by atoms with Gasteiger partial charge in [-0.3, -0.25) is 0 Å². The number of carboxylic acids is 2. The largest absolute Gasteiger partial charge is 0.478 e. The summed E-state index contributed by atoms with van der Waals surface area (Å²) in [5, 5.41) is 15.9. The topological polar surface area (TPSA) is 77.8 Å². The van der Waals surface area contributed by atoms with Gasteiger partial charge in [0.1, 0.15) is 0 Å². The van der Waals surface area contributed by atoms with Crippen LogP contribution in [0.5, 0.6) is 0 Å². The van der Waals surface area contributed by atoms with Gasteiger partial charge in [-0.1, -0.05) is 6.58 Å². The van der Waals surface area contributed by atoms with E-state index in [1.54, 1.807) is 19.0 Å². The SMILES string of the molecule is C=C(C)C(=O)O.CN(C)C=CC(=O)O. The van der Waals surface area contributed by atoms with Gasteiger partial charge in [0.15, 0.2) is 0 Å². The van der Waals surface area contributed by atoms with Crippen molar-refractivity contribution >= 4 is 11.9 Å². The predicted molar refractivity (Wildman–Crippen MR) is 52.9 cm³/mol. The molecule has 2 N–H and O–H groups in total. The van der Waals surface area contributed by atoms with Crippen LogP contribution >= 0.6 is 0 Å². The van der Waals surface area contributed by atoms with Crippen LogP contribution in [0.25, 0.3) is 0 Å². The van der Waals surface area contributed by atoms with Crippen LogP contribution in [-0.2, 0) is 9.59 Å². The predicted octanol–water partition coefficient (Wildman–Crippen LogP) is 0.793. The fourth-order valence-corrected chi connectivity index (χ4v) is 0.213. The number of carbonyl (C=O) groups is 2. The molecule has 0 heterocycles. The van der Waals surface area contributed by atoms with Crippen molar-refractivity contribution in [3.63, 3.8) is 0 Å². The van der Waals surface area contributed by atoms with Crippen LogP contribution in [0.2, 0.25) is 0 Å². The Bertz CT molecular complexity index is 231. The highest BCUT2D eigenvalue weighted by atomic mass is 16.4. The summed E-state index contributed by atoms with van der Waals surface area (Å²) in [6.07, 6.45) is 2.56. The molecule has 0 fully saturated rings. The van der Waals surface area contributed by atoms with Gasteiger partial charge in [-0.05, 0) is 6.92 Å².